The second kappa shape index (κ2) is 8.26. The number of hydrogen-bond acceptors (Lipinski definition) is 4. The number of amides is 1. The number of likely N-dealkylation sites (N-methyl/N-ethyl adjacent to an activating group) is 1. The standard InChI is InChI=1S/C15H25N3O3S/c1-5-18(6-2)22(20,21)13-8-7-12(3)14(11-13)15(19)17-10-9-16-4/h7-8,11,16H,5-6,9-10H2,1-4H3,(H,17,19). The number of sulfonamides is 1. The van der Waals surface area contributed by atoms with Crippen LogP contribution in [-0.4, -0.2) is 51.9 Å². The zero-order valence-electron chi connectivity index (χ0n) is 13.6. The van der Waals surface area contributed by atoms with Crippen LogP contribution in [0.2, 0.25) is 0 Å². The van der Waals surface area contributed by atoms with Crippen LogP contribution < -0.4 is 10.6 Å². The van der Waals surface area contributed by atoms with Crippen LogP contribution in [0.1, 0.15) is 29.8 Å². The molecule has 0 unspecified atom stereocenters. The van der Waals surface area contributed by atoms with Crippen LogP contribution in [0.25, 0.3) is 0 Å². The van der Waals surface area contributed by atoms with Crippen LogP contribution in [0.15, 0.2) is 23.1 Å². The van der Waals surface area contributed by atoms with Crippen molar-refractivity contribution in [3.8, 4) is 0 Å². The zero-order chi connectivity index (χ0) is 16.8. The van der Waals surface area contributed by atoms with Crippen molar-refractivity contribution >= 4 is 15.9 Å². The molecular weight excluding hydrogens is 302 g/mol. The molecule has 1 rings (SSSR count). The van der Waals surface area contributed by atoms with E-state index in [1.807, 2.05) is 0 Å². The van der Waals surface area contributed by atoms with E-state index in [1.165, 1.54) is 10.4 Å². The fraction of sp³-hybridized carbons (Fsp3) is 0.533. The summed E-state index contributed by atoms with van der Waals surface area (Å²) in [4.78, 5) is 12.3. The van der Waals surface area contributed by atoms with Gasteiger partial charge in [0.15, 0.2) is 0 Å². The molecule has 6 nitrogen and oxygen atoms in total. The molecular formula is C15H25N3O3S. The minimum atomic E-state index is -3.56. The molecule has 0 aliphatic rings. The molecule has 0 aromatic heterocycles. The number of carbonyl (C=O) groups is 1. The molecule has 0 spiro atoms. The molecule has 1 aromatic carbocycles. The molecule has 0 aliphatic carbocycles. The molecule has 0 heterocycles. The van der Waals surface area contributed by atoms with Gasteiger partial charge in [-0.1, -0.05) is 19.9 Å². The van der Waals surface area contributed by atoms with Crippen LogP contribution in [0.5, 0.6) is 0 Å². The van der Waals surface area contributed by atoms with Gasteiger partial charge in [-0.25, -0.2) is 8.42 Å². The van der Waals surface area contributed by atoms with Crippen LogP contribution in [0.3, 0.4) is 0 Å². The second-order valence-corrected chi connectivity index (χ2v) is 6.86. The summed E-state index contributed by atoms with van der Waals surface area (Å²) in [5.41, 5.74) is 1.14. The number of carbonyl (C=O) groups excluding carboxylic acids is 1. The van der Waals surface area contributed by atoms with Crippen molar-refractivity contribution in [2.45, 2.75) is 25.7 Å². The third-order valence-corrected chi connectivity index (χ3v) is 5.50. The molecule has 0 radical (unpaired) electrons. The van der Waals surface area contributed by atoms with Crippen LogP contribution >= 0.6 is 0 Å². The Morgan fingerprint density at radius 1 is 1.18 bits per heavy atom. The van der Waals surface area contributed by atoms with Crippen molar-refractivity contribution in [3.63, 3.8) is 0 Å². The maximum Gasteiger partial charge on any atom is 0.251 e. The van der Waals surface area contributed by atoms with Gasteiger partial charge in [0.2, 0.25) is 10.0 Å². The van der Waals surface area contributed by atoms with Gasteiger partial charge in [0, 0.05) is 31.7 Å². The van der Waals surface area contributed by atoms with Gasteiger partial charge in [-0.3, -0.25) is 4.79 Å². The Kier molecular flexibility index (Phi) is 6.99. The van der Waals surface area contributed by atoms with Crippen molar-refractivity contribution in [3.05, 3.63) is 29.3 Å². The van der Waals surface area contributed by atoms with Gasteiger partial charge in [0.1, 0.15) is 0 Å². The lowest BCUT2D eigenvalue weighted by atomic mass is 10.1. The first kappa shape index (κ1) is 18.6. The first-order chi connectivity index (χ1) is 10.4. The summed E-state index contributed by atoms with van der Waals surface area (Å²) in [6.45, 7) is 7.32. The average Bonchev–Trinajstić information content (AvgIpc) is 2.48. The van der Waals surface area contributed by atoms with E-state index < -0.39 is 10.0 Å². The predicted molar refractivity (Wildman–Crippen MR) is 87.5 cm³/mol. The normalized spacial score (nSPS) is 11.7. The molecule has 0 atom stereocenters. The quantitative estimate of drug-likeness (QED) is 0.698. The highest BCUT2D eigenvalue weighted by Gasteiger charge is 2.23. The highest BCUT2D eigenvalue weighted by atomic mass is 32.2. The van der Waals surface area contributed by atoms with Gasteiger partial charge in [0.25, 0.3) is 5.91 Å². The number of rotatable bonds is 8. The van der Waals surface area contributed by atoms with Gasteiger partial charge < -0.3 is 10.6 Å². The third-order valence-electron chi connectivity index (χ3n) is 3.46. The lowest BCUT2D eigenvalue weighted by molar-refractivity contribution is 0.0953. The van der Waals surface area contributed by atoms with Gasteiger partial charge in [-0.15, -0.1) is 0 Å². The molecule has 0 saturated heterocycles. The summed E-state index contributed by atoms with van der Waals surface area (Å²) in [5.74, 6) is -0.260. The van der Waals surface area contributed by atoms with E-state index in [1.54, 1.807) is 40.0 Å². The monoisotopic (exact) mass is 327 g/mol. The van der Waals surface area contributed by atoms with Crippen LogP contribution in [0.4, 0.5) is 0 Å². The summed E-state index contributed by atoms with van der Waals surface area (Å²) in [7, 11) is -1.76. The molecule has 22 heavy (non-hydrogen) atoms. The van der Waals surface area contributed by atoms with E-state index in [-0.39, 0.29) is 10.8 Å². The lowest BCUT2D eigenvalue weighted by Gasteiger charge is -2.19. The van der Waals surface area contributed by atoms with E-state index in [2.05, 4.69) is 10.6 Å². The molecule has 124 valence electrons. The molecule has 2 N–H and O–H groups in total. The summed E-state index contributed by atoms with van der Waals surface area (Å²) >= 11 is 0. The Labute approximate surface area is 132 Å². The fourth-order valence-electron chi connectivity index (χ4n) is 2.12. The largest absolute Gasteiger partial charge is 0.351 e. The van der Waals surface area contributed by atoms with Gasteiger partial charge in [-0.2, -0.15) is 4.31 Å². The van der Waals surface area contributed by atoms with Gasteiger partial charge in [-0.05, 0) is 31.7 Å². The number of benzene rings is 1. The maximum atomic E-state index is 12.5. The van der Waals surface area contributed by atoms with E-state index in [0.717, 1.165) is 5.56 Å². The topological polar surface area (TPSA) is 78.5 Å². The number of hydrogen-bond donors (Lipinski definition) is 2. The summed E-state index contributed by atoms with van der Waals surface area (Å²) in [6.07, 6.45) is 0. The molecule has 0 bridgehead atoms. The van der Waals surface area contributed by atoms with E-state index in [4.69, 9.17) is 0 Å². The van der Waals surface area contributed by atoms with E-state index in [9.17, 15) is 13.2 Å². The molecule has 0 fully saturated rings. The predicted octanol–water partition coefficient (Wildman–Crippen LogP) is 0.975. The number of nitrogens with one attached hydrogen (secondary N) is 2. The minimum Gasteiger partial charge on any atom is -0.351 e. The summed E-state index contributed by atoms with van der Waals surface area (Å²) in [6, 6.07) is 4.68. The molecule has 1 amide bonds. The molecule has 0 saturated carbocycles. The first-order valence-corrected chi connectivity index (χ1v) is 8.86. The summed E-state index contributed by atoms with van der Waals surface area (Å²) < 4.78 is 26.4. The minimum absolute atomic E-state index is 0.153. The van der Waals surface area contributed by atoms with Crippen molar-refractivity contribution < 1.29 is 13.2 Å². The Hall–Kier alpha value is -1.44. The van der Waals surface area contributed by atoms with Gasteiger partial charge in [0.05, 0.1) is 4.90 Å². The average molecular weight is 327 g/mol. The van der Waals surface area contributed by atoms with Crippen molar-refractivity contribution in [1.82, 2.24) is 14.9 Å². The van der Waals surface area contributed by atoms with Crippen molar-refractivity contribution in [1.29, 1.82) is 0 Å². The van der Waals surface area contributed by atoms with Crippen molar-refractivity contribution in [2.75, 3.05) is 33.2 Å². The Morgan fingerprint density at radius 3 is 2.36 bits per heavy atom. The molecule has 7 heteroatoms. The number of aryl methyl sites for hydroxylation is 1. The molecule has 1 aromatic rings. The Morgan fingerprint density at radius 2 is 1.82 bits per heavy atom. The highest BCUT2D eigenvalue weighted by Crippen LogP contribution is 2.19. The SMILES string of the molecule is CCN(CC)S(=O)(=O)c1ccc(C)c(C(=O)NCCNC)c1. The van der Waals surface area contributed by atoms with Crippen LogP contribution in [-0.2, 0) is 10.0 Å². The Bertz CT molecular complexity index is 610. The zero-order valence-corrected chi connectivity index (χ0v) is 14.5. The maximum absolute atomic E-state index is 12.5. The van der Waals surface area contributed by atoms with Gasteiger partial charge >= 0.3 is 0 Å². The van der Waals surface area contributed by atoms with E-state index >= 15 is 0 Å². The van der Waals surface area contributed by atoms with E-state index in [0.29, 0.717) is 31.7 Å². The molecule has 0 aliphatic heterocycles. The first-order valence-electron chi connectivity index (χ1n) is 7.42. The second-order valence-electron chi connectivity index (χ2n) is 4.93. The fourth-order valence-corrected chi connectivity index (χ4v) is 3.60. The lowest BCUT2D eigenvalue weighted by Crippen LogP contribution is -2.32. The van der Waals surface area contributed by atoms with Crippen molar-refractivity contribution in [2.24, 2.45) is 0 Å². The third kappa shape index (κ3) is 4.28. The summed E-state index contributed by atoms with van der Waals surface area (Å²) in [5, 5.41) is 5.70. The highest BCUT2D eigenvalue weighted by molar-refractivity contribution is 7.89. The smallest absolute Gasteiger partial charge is 0.251 e. The Balaban J connectivity index is 3.11. The van der Waals surface area contributed by atoms with Crippen LogP contribution in [0, 0.1) is 6.92 Å². The number of nitrogens with zero attached hydrogens (tertiary/aromatic N) is 1.